The van der Waals surface area contributed by atoms with Crippen molar-refractivity contribution in [3.05, 3.63) is 61.5 Å². The average molecular weight is 463 g/mol. The Balaban J connectivity index is 2.16. The van der Waals surface area contributed by atoms with E-state index < -0.39 is 0 Å². The third kappa shape index (κ3) is 3.86. The molecule has 0 saturated carbocycles. The van der Waals surface area contributed by atoms with Crippen molar-refractivity contribution in [3.8, 4) is 5.75 Å². The van der Waals surface area contributed by atoms with Gasteiger partial charge in [0.1, 0.15) is 12.4 Å². The van der Waals surface area contributed by atoms with Crippen molar-refractivity contribution in [3.63, 3.8) is 0 Å². The van der Waals surface area contributed by atoms with Gasteiger partial charge >= 0.3 is 0 Å². The van der Waals surface area contributed by atoms with Gasteiger partial charge in [0.25, 0.3) is 0 Å². The molecule has 0 atom stereocenters. The van der Waals surface area contributed by atoms with Crippen LogP contribution >= 0.6 is 47.8 Å². The largest absolute Gasteiger partial charge is 0.487 e. The van der Waals surface area contributed by atoms with Gasteiger partial charge in [0, 0.05) is 5.33 Å². The number of aryl methyl sites for hydroxylation is 2. The fraction of sp³-hybridized carbons (Fsp3) is 0.250. The molecule has 0 aliphatic rings. The summed E-state index contributed by atoms with van der Waals surface area (Å²) >= 11 is 10.6. The Hall–Kier alpha value is -0.320. The molecule has 1 nitrogen and oxygen atoms in total. The molecule has 0 aromatic heterocycles. The van der Waals surface area contributed by atoms with Gasteiger partial charge in [-0.2, -0.15) is 0 Å². The van der Waals surface area contributed by atoms with Crippen molar-refractivity contribution >= 4 is 47.8 Å². The molecule has 20 heavy (non-hydrogen) atoms. The van der Waals surface area contributed by atoms with Crippen LogP contribution in [0, 0.1) is 13.8 Å². The highest BCUT2D eigenvalue weighted by molar-refractivity contribution is 9.11. The summed E-state index contributed by atoms with van der Waals surface area (Å²) in [6, 6.07) is 10.5. The van der Waals surface area contributed by atoms with Crippen molar-refractivity contribution in [2.75, 3.05) is 0 Å². The summed E-state index contributed by atoms with van der Waals surface area (Å²) in [7, 11) is 0. The highest BCUT2D eigenvalue weighted by atomic mass is 79.9. The second-order valence-electron chi connectivity index (χ2n) is 4.73. The first kappa shape index (κ1) is 16.1. The predicted molar refractivity (Wildman–Crippen MR) is 94.7 cm³/mol. The van der Waals surface area contributed by atoms with E-state index in [4.69, 9.17) is 4.74 Å². The number of rotatable bonds is 4. The number of benzene rings is 2. The molecule has 2 aromatic rings. The van der Waals surface area contributed by atoms with E-state index in [1.807, 2.05) is 0 Å². The van der Waals surface area contributed by atoms with E-state index in [0.717, 1.165) is 20.0 Å². The molecule has 0 saturated heterocycles. The van der Waals surface area contributed by atoms with E-state index >= 15 is 0 Å². The van der Waals surface area contributed by atoms with Gasteiger partial charge in [0.15, 0.2) is 0 Å². The fourth-order valence-electron chi connectivity index (χ4n) is 1.88. The first-order valence-electron chi connectivity index (χ1n) is 6.24. The molecule has 0 aliphatic heterocycles. The van der Waals surface area contributed by atoms with E-state index in [0.29, 0.717) is 6.61 Å². The van der Waals surface area contributed by atoms with Crippen LogP contribution in [0.4, 0.5) is 0 Å². The summed E-state index contributed by atoms with van der Waals surface area (Å²) in [5.41, 5.74) is 4.97. The van der Waals surface area contributed by atoms with Crippen LogP contribution in [0.3, 0.4) is 0 Å². The lowest BCUT2D eigenvalue weighted by atomic mass is 10.1. The molecule has 0 unspecified atom stereocenters. The lowest BCUT2D eigenvalue weighted by molar-refractivity contribution is 0.302. The zero-order chi connectivity index (χ0) is 14.7. The molecule has 2 aromatic carbocycles. The van der Waals surface area contributed by atoms with Crippen molar-refractivity contribution in [2.45, 2.75) is 25.8 Å². The molecule has 4 heteroatoms. The van der Waals surface area contributed by atoms with E-state index in [-0.39, 0.29) is 0 Å². The normalized spacial score (nSPS) is 10.7. The molecule has 0 aliphatic carbocycles. The molecule has 106 valence electrons. The maximum atomic E-state index is 5.94. The summed E-state index contributed by atoms with van der Waals surface area (Å²) < 4.78 is 7.87. The van der Waals surface area contributed by atoms with Crippen LogP contribution in [0.2, 0.25) is 0 Å². The molecule has 0 bridgehead atoms. The lowest BCUT2D eigenvalue weighted by Crippen LogP contribution is -1.98. The Labute approximate surface area is 145 Å². The van der Waals surface area contributed by atoms with Gasteiger partial charge in [0.05, 0.1) is 8.95 Å². The Kier molecular flexibility index (Phi) is 5.70. The maximum absolute atomic E-state index is 5.94. The van der Waals surface area contributed by atoms with Crippen LogP contribution < -0.4 is 4.74 Å². The molecule has 0 spiro atoms. The van der Waals surface area contributed by atoms with Gasteiger partial charge in [-0.05, 0) is 80.1 Å². The second-order valence-corrected chi connectivity index (χ2v) is 7.00. The van der Waals surface area contributed by atoms with Crippen molar-refractivity contribution < 1.29 is 4.74 Å². The van der Waals surface area contributed by atoms with Gasteiger partial charge in [0.2, 0.25) is 0 Å². The molecule has 0 amide bonds. The van der Waals surface area contributed by atoms with Crippen molar-refractivity contribution in [2.24, 2.45) is 0 Å². The molecule has 0 radical (unpaired) electrons. The summed E-state index contributed by atoms with van der Waals surface area (Å²) in [6.07, 6.45) is 0. The third-order valence-corrected chi connectivity index (χ3v) is 4.99. The number of hydrogen-bond donors (Lipinski definition) is 0. The lowest BCUT2D eigenvalue weighted by Gasteiger charge is -2.12. The van der Waals surface area contributed by atoms with E-state index in [2.05, 4.69) is 92.0 Å². The highest BCUT2D eigenvalue weighted by Gasteiger charge is 2.09. The minimum Gasteiger partial charge on any atom is -0.487 e. The van der Waals surface area contributed by atoms with Gasteiger partial charge in [-0.25, -0.2) is 0 Å². The zero-order valence-corrected chi connectivity index (χ0v) is 16.1. The third-order valence-electron chi connectivity index (χ3n) is 3.17. The number of halogens is 3. The first-order valence-corrected chi connectivity index (χ1v) is 8.95. The van der Waals surface area contributed by atoms with Crippen LogP contribution in [0.25, 0.3) is 0 Å². The average Bonchev–Trinajstić information content (AvgIpc) is 2.41. The molecular formula is C16H15Br3O. The molecule has 2 rings (SSSR count). The minimum absolute atomic E-state index is 0.561. The van der Waals surface area contributed by atoms with Crippen LogP contribution in [-0.4, -0.2) is 0 Å². The topological polar surface area (TPSA) is 9.23 Å². The van der Waals surface area contributed by atoms with Crippen molar-refractivity contribution in [1.82, 2.24) is 0 Å². The summed E-state index contributed by atoms with van der Waals surface area (Å²) in [6.45, 7) is 4.80. The second kappa shape index (κ2) is 7.10. The predicted octanol–water partition coefficient (Wildman–Crippen LogP) is 6.30. The van der Waals surface area contributed by atoms with Crippen LogP contribution in [0.5, 0.6) is 5.75 Å². The smallest absolute Gasteiger partial charge is 0.148 e. The van der Waals surface area contributed by atoms with Gasteiger partial charge < -0.3 is 4.74 Å². The molecule has 0 N–H and O–H groups in total. The monoisotopic (exact) mass is 460 g/mol. The standard InChI is InChI=1S/C16H15Br3O/c1-10-3-4-12(5-11(10)2)9-20-16-14(18)6-13(8-17)7-15(16)19/h3-7H,8-9H2,1-2H3. The maximum Gasteiger partial charge on any atom is 0.148 e. The van der Waals surface area contributed by atoms with Gasteiger partial charge in [-0.3, -0.25) is 0 Å². The van der Waals surface area contributed by atoms with E-state index in [9.17, 15) is 0 Å². The SMILES string of the molecule is Cc1ccc(COc2c(Br)cc(CBr)cc2Br)cc1C. The molecule has 0 heterocycles. The Bertz CT molecular complexity index is 600. The van der Waals surface area contributed by atoms with Crippen LogP contribution in [0.1, 0.15) is 22.3 Å². The Morgan fingerprint density at radius 2 is 1.55 bits per heavy atom. The van der Waals surface area contributed by atoms with Crippen LogP contribution in [-0.2, 0) is 11.9 Å². The number of ether oxygens (including phenoxy) is 1. The van der Waals surface area contributed by atoms with Crippen molar-refractivity contribution in [1.29, 1.82) is 0 Å². The number of alkyl halides is 1. The molecular weight excluding hydrogens is 448 g/mol. The quantitative estimate of drug-likeness (QED) is 0.484. The minimum atomic E-state index is 0.561. The van der Waals surface area contributed by atoms with Gasteiger partial charge in [-0.15, -0.1) is 0 Å². The Morgan fingerprint density at radius 1 is 0.900 bits per heavy atom. The highest BCUT2D eigenvalue weighted by Crippen LogP contribution is 2.35. The summed E-state index contributed by atoms with van der Waals surface area (Å²) in [5, 5.41) is 0.821. The van der Waals surface area contributed by atoms with Gasteiger partial charge in [-0.1, -0.05) is 34.1 Å². The van der Waals surface area contributed by atoms with Crippen LogP contribution in [0.15, 0.2) is 39.3 Å². The zero-order valence-electron chi connectivity index (χ0n) is 11.3. The van der Waals surface area contributed by atoms with E-state index in [1.165, 1.54) is 22.3 Å². The summed E-state index contributed by atoms with van der Waals surface area (Å²) in [5.74, 6) is 0.841. The van der Waals surface area contributed by atoms with E-state index in [1.54, 1.807) is 0 Å². The summed E-state index contributed by atoms with van der Waals surface area (Å²) in [4.78, 5) is 0. The molecule has 0 fully saturated rings. The first-order chi connectivity index (χ1) is 9.51. The Morgan fingerprint density at radius 3 is 2.10 bits per heavy atom. The fourth-order valence-corrected chi connectivity index (χ4v) is 3.71. The number of hydrogen-bond acceptors (Lipinski definition) is 1.